The summed E-state index contributed by atoms with van der Waals surface area (Å²) in [5.41, 5.74) is 4.03. The normalized spacial score (nSPS) is 10.8. The molecule has 0 radical (unpaired) electrons. The number of hydroxylamine groups is 1. The second kappa shape index (κ2) is 11.6. The first-order valence-corrected chi connectivity index (χ1v) is 10.3. The lowest BCUT2D eigenvalue weighted by Gasteiger charge is -2.11. The van der Waals surface area contributed by atoms with Crippen LogP contribution >= 0.6 is 0 Å². The molecule has 0 atom stereocenters. The molecule has 3 aromatic carbocycles. The van der Waals surface area contributed by atoms with E-state index in [0.29, 0.717) is 34.6 Å². The molecule has 0 saturated heterocycles. The molecular formula is C26H24FNO5. The summed E-state index contributed by atoms with van der Waals surface area (Å²) in [6, 6.07) is 18.4. The van der Waals surface area contributed by atoms with Crippen LogP contribution in [0.2, 0.25) is 0 Å². The van der Waals surface area contributed by atoms with Gasteiger partial charge in [0.15, 0.2) is 17.3 Å². The highest BCUT2D eigenvalue weighted by atomic mass is 19.1. The molecule has 0 aliphatic heterocycles. The lowest BCUT2D eigenvalue weighted by Crippen LogP contribution is -2.18. The quantitative estimate of drug-likeness (QED) is 0.149. The Morgan fingerprint density at radius 1 is 1.03 bits per heavy atom. The lowest BCUT2D eigenvalue weighted by molar-refractivity contribution is -0.129. The molecule has 6 nitrogen and oxygen atoms in total. The molecule has 0 aliphatic rings. The van der Waals surface area contributed by atoms with Gasteiger partial charge in [0.1, 0.15) is 5.82 Å². The van der Waals surface area contributed by atoms with Gasteiger partial charge in [-0.25, -0.2) is 9.87 Å². The maximum Gasteiger partial charge on any atom is 0.243 e. The van der Waals surface area contributed by atoms with Crippen molar-refractivity contribution in [3.8, 4) is 22.6 Å². The van der Waals surface area contributed by atoms with Crippen molar-refractivity contribution >= 4 is 17.8 Å². The fourth-order valence-electron chi connectivity index (χ4n) is 3.25. The van der Waals surface area contributed by atoms with Crippen LogP contribution < -0.4 is 15.0 Å². The van der Waals surface area contributed by atoms with Crippen molar-refractivity contribution in [3.05, 3.63) is 89.8 Å². The molecule has 3 aromatic rings. The number of halogens is 1. The molecule has 170 valence electrons. The summed E-state index contributed by atoms with van der Waals surface area (Å²) < 4.78 is 24.7. The molecule has 0 unspecified atom stereocenters. The molecule has 0 saturated carbocycles. The first kappa shape index (κ1) is 23.7. The number of hydrogen-bond acceptors (Lipinski definition) is 5. The zero-order valence-electron chi connectivity index (χ0n) is 18.1. The summed E-state index contributed by atoms with van der Waals surface area (Å²) in [6.45, 7) is 0.247. The number of amides is 1. The van der Waals surface area contributed by atoms with Crippen molar-refractivity contribution in [2.45, 2.75) is 12.8 Å². The Morgan fingerprint density at radius 2 is 1.85 bits per heavy atom. The van der Waals surface area contributed by atoms with E-state index >= 15 is 0 Å². The van der Waals surface area contributed by atoms with Crippen LogP contribution in [0.3, 0.4) is 0 Å². The predicted octanol–water partition coefficient (Wildman–Crippen LogP) is 5.06. The van der Waals surface area contributed by atoms with Crippen molar-refractivity contribution in [3.63, 3.8) is 0 Å². The van der Waals surface area contributed by atoms with Crippen molar-refractivity contribution < 1.29 is 28.7 Å². The van der Waals surface area contributed by atoms with Crippen molar-refractivity contribution in [1.29, 1.82) is 0 Å². The number of ether oxygens (including phenoxy) is 2. The molecule has 0 aliphatic carbocycles. The average Bonchev–Trinajstić information content (AvgIpc) is 2.85. The average molecular weight is 449 g/mol. The van der Waals surface area contributed by atoms with E-state index in [0.717, 1.165) is 5.56 Å². The van der Waals surface area contributed by atoms with E-state index in [9.17, 15) is 14.0 Å². The molecule has 33 heavy (non-hydrogen) atoms. The third-order valence-corrected chi connectivity index (χ3v) is 4.87. The summed E-state index contributed by atoms with van der Waals surface area (Å²) in [5, 5.41) is 8.54. The van der Waals surface area contributed by atoms with Crippen LogP contribution in [0.4, 0.5) is 4.39 Å². The highest BCUT2D eigenvalue weighted by Gasteiger charge is 2.11. The SMILES string of the molecule is COc1ccc(/C=C/C(=O)c2ccccc2-c2cccc(F)c2)cc1OCCCC(=O)NO. The molecule has 0 aromatic heterocycles. The van der Waals surface area contributed by atoms with Crippen molar-refractivity contribution in [2.24, 2.45) is 0 Å². The van der Waals surface area contributed by atoms with Crippen molar-refractivity contribution in [1.82, 2.24) is 5.48 Å². The number of carbonyl (C=O) groups excluding carboxylic acids is 2. The molecule has 0 heterocycles. The second-order valence-electron chi connectivity index (χ2n) is 7.15. The van der Waals surface area contributed by atoms with Gasteiger partial charge in [-0.15, -0.1) is 0 Å². The van der Waals surface area contributed by atoms with Gasteiger partial charge in [-0.2, -0.15) is 0 Å². The Labute approximate surface area is 191 Å². The van der Waals surface area contributed by atoms with Gasteiger partial charge >= 0.3 is 0 Å². The number of carbonyl (C=O) groups is 2. The highest BCUT2D eigenvalue weighted by Crippen LogP contribution is 2.29. The molecule has 1 amide bonds. The molecule has 2 N–H and O–H groups in total. The number of methoxy groups -OCH3 is 1. The summed E-state index contributed by atoms with van der Waals surface area (Å²) in [6.07, 6.45) is 3.65. The summed E-state index contributed by atoms with van der Waals surface area (Å²) >= 11 is 0. The van der Waals surface area contributed by atoms with Gasteiger partial charge in [-0.1, -0.05) is 48.5 Å². The zero-order valence-corrected chi connectivity index (χ0v) is 18.1. The Balaban J connectivity index is 1.76. The van der Waals surface area contributed by atoms with Crippen LogP contribution in [-0.4, -0.2) is 30.6 Å². The summed E-state index contributed by atoms with van der Waals surface area (Å²) in [5.74, 6) is -0.0892. The minimum atomic E-state index is -0.487. The Bertz CT molecular complexity index is 1160. The fourth-order valence-corrected chi connectivity index (χ4v) is 3.25. The second-order valence-corrected chi connectivity index (χ2v) is 7.15. The van der Waals surface area contributed by atoms with E-state index in [1.54, 1.807) is 66.2 Å². The van der Waals surface area contributed by atoms with Crippen LogP contribution in [0.15, 0.2) is 72.8 Å². The predicted molar refractivity (Wildman–Crippen MR) is 123 cm³/mol. The zero-order chi connectivity index (χ0) is 23.6. The largest absolute Gasteiger partial charge is 0.493 e. The van der Waals surface area contributed by atoms with E-state index in [1.807, 2.05) is 0 Å². The molecule has 0 spiro atoms. The van der Waals surface area contributed by atoms with Gasteiger partial charge in [-0.05, 0) is 53.5 Å². The van der Waals surface area contributed by atoms with E-state index in [-0.39, 0.29) is 24.6 Å². The number of hydrogen-bond donors (Lipinski definition) is 2. The molecule has 0 bridgehead atoms. The van der Waals surface area contributed by atoms with Crippen LogP contribution in [0, 0.1) is 5.82 Å². The van der Waals surface area contributed by atoms with Gasteiger partial charge in [0, 0.05) is 12.0 Å². The van der Waals surface area contributed by atoms with E-state index in [1.165, 1.54) is 25.3 Å². The van der Waals surface area contributed by atoms with Crippen LogP contribution in [0.1, 0.15) is 28.8 Å². The van der Waals surface area contributed by atoms with E-state index in [2.05, 4.69) is 0 Å². The van der Waals surface area contributed by atoms with E-state index < -0.39 is 5.91 Å². The Kier molecular flexibility index (Phi) is 8.32. The fraction of sp³-hybridized carbons (Fsp3) is 0.154. The smallest absolute Gasteiger partial charge is 0.243 e. The standard InChI is InChI=1S/C26H24FNO5/c1-32-24-14-12-18(16-25(24)33-15-5-10-26(30)28-31)11-13-23(29)22-9-3-2-8-21(22)19-6-4-7-20(27)17-19/h2-4,6-9,11-14,16-17,31H,5,10,15H2,1H3,(H,28,30)/b13-11+. The van der Waals surface area contributed by atoms with Gasteiger partial charge in [0.25, 0.3) is 0 Å². The number of nitrogens with one attached hydrogen (secondary N) is 1. The minimum Gasteiger partial charge on any atom is -0.493 e. The van der Waals surface area contributed by atoms with Gasteiger partial charge in [0.2, 0.25) is 5.91 Å². The monoisotopic (exact) mass is 449 g/mol. The van der Waals surface area contributed by atoms with E-state index in [4.69, 9.17) is 14.7 Å². The number of allylic oxidation sites excluding steroid dienone is 1. The molecule has 3 rings (SSSR count). The van der Waals surface area contributed by atoms with Crippen LogP contribution in [-0.2, 0) is 4.79 Å². The van der Waals surface area contributed by atoms with Crippen LogP contribution in [0.25, 0.3) is 17.2 Å². The topological polar surface area (TPSA) is 84.9 Å². The first-order valence-electron chi connectivity index (χ1n) is 10.3. The summed E-state index contributed by atoms with van der Waals surface area (Å²) in [7, 11) is 1.52. The number of rotatable bonds is 10. The molecule has 7 heteroatoms. The minimum absolute atomic E-state index is 0.123. The van der Waals surface area contributed by atoms with Gasteiger partial charge < -0.3 is 9.47 Å². The third-order valence-electron chi connectivity index (χ3n) is 4.87. The molecular weight excluding hydrogens is 425 g/mol. The Morgan fingerprint density at radius 3 is 2.61 bits per heavy atom. The van der Waals surface area contributed by atoms with Gasteiger partial charge in [-0.3, -0.25) is 14.8 Å². The Hall–Kier alpha value is -3.97. The number of ketones is 1. The van der Waals surface area contributed by atoms with Crippen LogP contribution in [0.5, 0.6) is 11.5 Å². The number of benzene rings is 3. The maximum absolute atomic E-state index is 13.7. The third kappa shape index (κ3) is 6.51. The highest BCUT2D eigenvalue weighted by molar-refractivity contribution is 6.11. The maximum atomic E-state index is 13.7. The molecule has 0 fully saturated rings. The lowest BCUT2D eigenvalue weighted by atomic mass is 9.96. The first-order chi connectivity index (χ1) is 16.0. The van der Waals surface area contributed by atoms with Crippen molar-refractivity contribution in [2.75, 3.05) is 13.7 Å². The summed E-state index contributed by atoms with van der Waals surface area (Å²) in [4.78, 5) is 24.0. The van der Waals surface area contributed by atoms with Gasteiger partial charge in [0.05, 0.1) is 13.7 Å².